The molecule has 0 fully saturated rings. The summed E-state index contributed by atoms with van der Waals surface area (Å²) in [5.74, 6) is -4.10. The third-order valence-corrected chi connectivity index (χ3v) is 4.90. The number of hydrogen-bond acceptors (Lipinski definition) is 4. The maximum atomic E-state index is 14.2. The second kappa shape index (κ2) is 5.17. The molecule has 2 aliphatic rings. The Morgan fingerprint density at radius 1 is 0.778 bits per heavy atom. The Morgan fingerprint density at radius 3 is 2.37 bits per heavy atom. The number of phenols is 1. The van der Waals surface area contributed by atoms with Gasteiger partial charge in [0.05, 0.1) is 22.4 Å². The Balaban J connectivity index is 1.90. The zero-order valence-electron chi connectivity index (χ0n) is 13.6. The Kier molecular flexibility index (Phi) is 2.98. The number of benzene rings is 2. The first kappa shape index (κ1) is 15.6. The molecule has 0 amide bonds. The predicted octanol–water partition coefficient (Wildman–Crippen LogP) is 3.93. The number of allylic oxidation sites excluding steroid dienone is 1. The van der Waals surface area contributed by atoms with Crippen LogP contribution in [0, 0.1) is 11.6 Å². The molecule has 3 aromatic rings. The Labute approximate surface area is 151 Å². The van der Waals surface area contributed by atoms with Crippen molar-refractivity contribution in [1.82, 2.24) is 4.98 Å². The van der Waals surface area contributed by atoms with Crippen LogP contribution in [-0.2, 0) is 0 Å². The monoisotopic (exact) mass is 361 g/mol. The smallest absolute Gasteiger partial charge is 0.201 e. The molecule has 0 bridgehead atoms. The molecule has 1 aromatic heterocycles. The van der Waals surface area contributed by atoms with Crippen LogP contribution in [0.15, 0.2) is 54.2 Å². The van der Waals surface area contributed by atoms with Gasteiger partial charge in [-0.1, -0.05) is 18.2 Å². The fourth-order valence-electron chi connectivity index (χ4n) is 3.77. The van der Waals surface area contributed by atoms with Gasteiger partial charge < -0.3 is 5.11 Å². The first-order valence-electron chi connectivity index (χ1n) is 8.10. The fourth-order valence-corrected chi connectivity index (χ4v) is 3.77. The van der Waals surface area contributed by atoms with Gasteiger partial charge in [-0.15, -0.1) is 0 Å². The lowest BCUT2D eigenvalue weighted by Gasteiger charge is -2.06. The summed E-state index contributed by atoms with van der Waals surface area (Å²) >= 11 is 0. The fraction of sp³-hybridized carbons (Fsp3) is 0. The summed E-state index contributed by atoms with van der Waals surface area (Å²) in [5, 5.41) is 10.3. The highest BCUT2D eigenvalue weighted by atomic mass is 19.2. The van der Waals surface area contributed by atoms with Gasteiger partial charge in [-0.05, 0) is 29.8 Å². The van der Waals surface area contributed by atoms with Crippen LogP contribution in [0.5, 0.6) is 5.75 Å². The van der Waals surface area contributed by atoms with Gasteiger partial charge in [0.1, 0.15) is 5.75 Å². The van der Waals surface area contributed by atoms with Gasteiger partial charge in [0, 0.05) is 22.9 Å². The Bertz CT molecular complexity index is 1240. The zero-order valence-corrected chi connectivity index (χ0v) is 13.6. The number of aromatic hydroxyl groups is 1. The highest BCUT2D eigenvalue weighted by molar-refractivity contribution is 6.43. The molecule has 0 saturated heterocycles. The number of halogens is 2. The standard InChI is InChI=1S/C21H9F2NO3/c22-12-7-6-11-16(18(12)23)21(27)17(20(11)26)14-9-3-1-5-13(25)15(9)19-10(14)4-2-8-24-19/h1-8,25H/b17-14-. The molecular formula is C21H9F2NO3. The minimum absolute atomic E-state index is 0.0457. The van der Waals surface area contributed by atoms with Crippen LogP contribution in [0.25, 0.3) is 16.8 Å². The van der Waals surface area contributed by atoms with E-state index in [1.165, 1.54) is 12.3 Å². The second-order valence-corrected chi connectivity index (χ2v) is 6.29. The van der Waals surface area contributed by atoms with Gasteiger partial charge in [-0.2, -0.15) is 0 Å². The lowest BCUT2D eigenvalue weighted by Crippen LogP contribution is -2.05. The van der Waals surface area contributed by atoms with E-state index in [1.807, 2.05) is 0 Å². The van der Waals surface area contributed by atoms with E-state index >= 15 is 0 Å². The van der Waals surface area contributed by atoms with Crippen molar-refractivity contribution >= 4 is 17.1 Å². The summed E-state index contributed by atoms with van der Waals surface area (Å²) in [6.07, 6.45) is 1.53. The maximum Gasteiger partial charge on any atom is 0.201 e. The molecule has 130 valence electrons. The number of hydrogen-bond donors (Lipinski definition) is 1. The molecule has 4 nitrogen and oxygen atoms in total. The minimum Gasteiger partial charge on any atom is -0.507 e. The molecule has 0 spiro atoms. The predicted molar refractivity (Wildman–Crippen MR) is 92.4 cm³/mol. The van der Waals surface area contributed by atoms with Crippen LogP contribution in [0.1, 0.15) is 31.8 Å². The second-order valence-electron chi connectivity index (χ2n) is 6.29. The van der Waals surface area contributed by atoms with Crippen LogP contribution in [0.3, 0.4) is 0 Å². The van der Waals surface area contributed by atoms with E-state index in [-0.39, 0.29) is 22.5 Å². The van der Waals surface area contributed by atoms with Crippen LogP contribution in [0.2, 0.25) is 0 Å². The number of ketones is 2. The van der Waals surface area contributed by atoms with Crippen molar-refractivity contribution in [2.24, 2.45) is 0 Å². The average Bonchev–Trinajstić information content (AvgIpc) is 3.11. The van der Waals surface area contributed by atoms with Crippen molar-refractivity contribution < 1.29 is 23.5 Å². The Morgan fingerprint density at radius 2 is 1.56 bits per heavy atom. The summed E-state index contributed by atoms with van der Waals surface area (Å²) in [6.45, 7) is 0. The summed E-state index contributed by atoms with van der Waals surface area (Å²) in [6, 6.07) is 9.97. The average molecular weight is 361 g/mol. The third kappa shape index (κ3) is 1.87. The molecule has 0 radical (unpaired) electrons. The summed E-state index contributed by atoms with van der Waals surface area (Å²) in [4.78, 5) is 30.1. The Hall–Kier alpha value is -3.67. The van der Waals surface area contributed by atoms with E-state index in [9.17, 15) is 23.5 Å². The van der Waals surface area contributed by atoms with Gasteiger partial charge in [0.15, 0.2) is 17.4 Å². The highest BCUT2D eigenvalue weighted by Crippen LogP contribution is 2.50. The van der Waals surface area contributed by atoms with Crippen molar-refractivity contribution in [3.05, 3.63) is 88.1 Å². The molecule has 0 atom stereocenters. The zero-order chi connectivity index (χ0) is 18.9. The van der Waals surface area contributed by atoms with E-state index in [2.05, 4.69) is 4.98 Å². The van der Waals surface area contributed by atoms with E-state index in [4.69, 9.17) is 0 Å². The van der Waals surface area contributed by atoms with E-state index in [1.54, 1.807) is 24.3 Å². The lowest BCUT2D eigenvalue weighted by molar-refractivity contribution is 0.0989. The van der Waals surface area contributed by atoms with Crippen molar-refractivity contribution in [2.45, 2.75) is 0 Å². The number of rotatable bonds is 0. The number of nitrogens with zero attached hydrogens (tertiary/aromatic N) is 1. The van der Waals surface area contributed by atoms with Gasteiger partial charge >= 0.3 is 0 Å². The largest absolute Gasteiger partial charge is 0.507 e. The number of Topliss-reactive ketones (excluding diaryl/α,β-unsaturated/α-hetero) is 2. The number of pyridine rings is 1. The van der Waals surface area contributed by atoms with Crippen molar-refractivity contribution in [3.8, 4) is 17.0 Å². The summed E-state index contributed by atoms with van der Waals surface area (Å²) < 4.78 is 27.8. The summed E-state index contributed by atoms with van der Waals surface area (Å²) in [7, 11) is 0. The first-order valence-corrected chi connectivity index (χ1v) is 8.10. The topological polar surface area (TPSA) is 67.3 Å². The van der Waals surface area contributed by atoms with Gasteiger partial charge in [0.25, 0.3) is 0 Å². The lowest BCUT2D eigenvalue weighted by atomic mass is 9.95. The molecular weight excluding hydrogens is 352 g/mol. The van der Waals surface area contributed by atoms with Crippen LogP contribution in [-0.4, -0.2) is 21.7 Å². The molecule has 0 saturated carbocycles. The van der Waals surface area contributed by atoms with E-state index in [0.717, 1.165) is 12.1 Å². The van der Waals surface area contributed by atoms with Gasteiger partial charge in [0.2, 0.25) is 5.78 Å². The number of carbonyl (C=O) groups excluding carboxylic acids is 2. The number of phenolic OH excluding ortho intramolecular Hbond substituents is 1. The first-order chi connectivity index (χ1) is 13.0. The molecule has 5 rings (SSSR count). The quantitative estimate of drug-likeness (QED) is 0.381. The molecule has 2 aromatic carbocycles. The van der Waals surface area contributed by atoms with Crippen molar-refractivity contribution in [3.63, 3.8) is 0 Å². The molecule has 0 aliphatic heterocycles. The van der Waals surface area contributed by atoms with Crippen LogP contribution < -0.4 is 0 Å². The minimum atomic E-state index is -1.33. The van der Waals surface area contributed by atoms with Gasteiger partial charge in [-0.25, -0.2) is 8.78 Å². The highest BCUT2D eigenvalue weighted by Gasteiger charge is 2.42. The van der Waals surface area contributed by atoms with Crippen LogP contribution in [0.4, 0.5) is 8.78 Å². The van der Waals surface area contributed by atoms with E-state index < -0.39 is 28.8 Å². The molecule has 6 heteroatoms. The van der Waals surface area contributed by atoms with Gasteiger partial charge in [-0.3, -0.25) is 14.6 Å². The van der Waals surface area contributed by atoms with E-state index in [0.29, 0.717) is 22.4 Å². The molecule has 1 N–H and O–H groups in total. The normalized spacial score (nSPS) is 17.1. The molecule has 1 heterocycles. The number of fused-ring (bicyclic) bond motifs is 4. The maximum absolute atomic E-state index is 14.2. The van der Waals surface area contributed by atoms with Crippen molar-refractivity contribution in [1.29, 1.82) is 0 Å². The molecule has 2 aliphatic carbocycles. The third-order valence-electron chi connectivity index (χ3n) is 4.90. The molecule has 27 heavy (non-hydrogen) atoms. The van der Waals surface area contributed by atoms with Crippen molar-refractivity contribution in [2.75, 3.05) is 0 Å². The number of aromatic nitrogens is 1. The molecule has 0 unspecified atom stereocenters. The summed E-state index contributed by atoms with van der Waals surface area (Å²) in [5.41, 5.74) is 1.08. The number of carbonyl (C=O) groups is 2. The SMILES string of the molecule is O=C1/C(=C2/c3cccnc3-c3c(O)cccc32)C(=O)c2c1ccc(F)c2F. The van der Waals surface area contributed by atoms with Crippen LogP contribution >= 0.6 is 0 Å².